The van der Waals surface area contributed by atoms with Crippen molar-refractivity contribution in [2.24, 2.45) is 17.8 Å². The summed E-state index contributed by atoms with van der Waals surface area (Å²) in [5.41, 5.74) is 1.06. The average molecular weight is 331 g/mol. The maximum atomic E-state index is 12.9. The number of carbonyl (C=O) groups is 2. The van der Waals surface area contributed by atoms with Crippen molar-refractivity contribution in [2.45, 2.75) is 38.6 Å². The molecule has 4 atom stereocenters. The highest BCUT2D eigenvalue weighted by molar-refractivity contribution is 5.86. The van der Waals surface area contributed by atoms with Crippen LogP contribution in [0.5, 0.6) is 5.75 Å². The molecular weight excluding hydrogens is 306 g/mol. The number of carbonyl (C=O) groups excluding carboxylic acids is 1. The van der Waals surface area contributed by atoms with Crippen molar-refractivity contribution in [1.82, 2.24) is 4.90 Å². The third-order valence-electron chi connectivity index (χ3n) is 5.55. The van der Waals surface area contributed by atoms with E-state index in [0.717, 1.165) is 30.6 Å². The van der Waals surface area contributed by atoms with E-state index in [9.17, 15) is 14.7 Å². The van der Waals surface area contributed by atoms with E-state index in [2.05, 4.69) is 0 Å². The summed E-state index contributed by atoms with van der Waals surface area (Å²) < 4.78 is 5.15. The number of nitrogens with zero attached hydrogens (tertiary/aromatic N) is 1. The summed E-state index contributed by atoms with van der Waals surface area (Å²) in [6, 6.07) is 7.04. The summed E-state index contributed by atoms with van der Waals surface area (Å²) in [6.07, 6.45) is 3.67. The molecule has 0 bridgehead atoms. The van der Waals surface area contributed by atoms with Gasteiger partial charge in [0.15, 0.2) is 0 Å². The molecule has 3 rings (SSSR count). The number of hydrogen-bond donors (Lipinski definition) is 1. The lowest BCUT2D eigenvalue weighted by Gasteiger charge is -2.27. The van der Waals surface area contributed by atoms with Gasteiger partial charge in [0.05, 0.1) is 7.11 Å². The molecule has 2 fully saturated rings. The number of likely N-dealkylation sites (tertiary alicyclic amines) is 1. The fourth-order valence-electron chi connectivity index (χ4n) is 4.33. The first-order valence-electron chi connectivity index (χ1n) is 8.67. The molecule has 1 saturated heterocycles. The van der Waals surface area contributed by atoms with Crippen LogP contribution < -0.4 is 4.74 Å². The molecule has 0 spiro atoms. The molecule has 0 radical (unpaired) electrons. The highest BCUT2D eigenvalue weighted by atomic mass is 16.5. The summed E-state index contributed by atoms with van der Waals surface area (Å²) in [5, 5.41) is 9.60. The summed E-state index contributed by atoms with van der Waals surface area (Å²) in [4.78, 5) is 26.2. The van der Waals surface area contributed by atoms with Crippen molar-refractivity contribution in [3.05, 3.63) is 29.8 Å². The van der Waals surface area contributed by atoms with Crippen molar-refractivity contribution in [2.75, 3.05) is 13.7 Å². The van der Waals surface area contributed by atoms with Gasteiger partial charge >= 0.3 is 5.97 Å². The molecule has 24 heavy (non-hydrogen) atoms. The number of aliphatic carboxylic acids is 1. The molecule has 2 aliphatic rings. The molecule has 1 aromatic carbocycles. The van der Waals surface area contributed by atoms with Crippen LogP contribution in [-0.2, 0) is 16.0 Å². The van der Waals surface area contributed by atoms with Gasteiger partial charge in [-0.2, -0.15) is 0 Å². The number of carboxylic acids is 1. The van der Waals surface area contributed by atoms with E-state index in [1.54, 1.807) is 12.0 Å². The minimum absolute atomic E-state index is 0.0346. The van der Waals surface area contributed by atoms with Gasteiger partial charge in [0.2, 0.25) is 5.91 Å². The fraction of sp³-hybridized carbons (Fsp3) is 0.579. The maximum absolute atomic E-state index is 12.9. The Labute approximate surface area is 142 Å². The monoisotopic (exact) mass is 331 g/mol. The average Bonchev–Trinajstić information content (AvgIpc) is 3.15. The van der Waals surface area contributed by atoms with Crippen molar-refractivity contribution < 1.29 is 19.4 Å². The SMILES string of the molecule is COc1ccc(CC(C)C(=O)N2CC3CCCC3C2C(=O)O)cc1. The maximum Gasteiger partial charge on any atom is 0.326 e. The molecule has 1 aliphatic carbocycles. The Kier molecular flexibility index (Phi) is 4.78. The van der Waals surface area contributed by atoms with E-state index in [-0.39, 0.29) is 17.7 Å². The lowest BCUT2D eigenvalue weighted by molar-refractivity contribution is -0.151. The van der Waals surface area contributed by atoms with Crippen LogP contribution in [0.4, 0.5) is 0 Å². The molecule has 1 heterocycles. The molecule has 4 unspecified atom stereocenters. The molecule has 1 amide bonds. The van der Waals surface area contributed by atoms with Crippen LogP contribution in [0.2, 0.25) is 0 Å². The standard InChI is InChI=1S/C19H25NO4/c1-12(10-13-6-8-15(24-2)9-7-13)18(21)20-11-14-4-3-5-16(14)17(20)19(22)23/h6-9,12,14,16-17H,3-5,10-11H2,1-2H3,(H,22,23). The molecule has 1 aromatic rings. The van der Waals surface area contributed by atoms with E-state index in [1.807, 2.05) is 31.2 Å². The zero-order valence-electron chi connectivity index (χ0n) is 14.3. The zero-order chi connectivity index (χ0) is 17.3. The Bertz CT molecular complexity index is 612. The smallest absolute Gasteiger partial charge is 0.326 e. The summed E-state index contributed by atoms with van der Waals surface area (Å²) >= 11 is 0. The number of fused-ring (bicyclic) bond motifs is 1. The third kappa shape index (κ3) is 3.12. The predicted octanol–water partition coefficient (Wildman–Crippen LogP) is 2.59. The molecule has 1 aliphatic heterocycles. The van der Waals surface area contributed by atoms with Crippen molar-refractivity contribution >= 4 is 11.9 Å². The van der Waals surface area contributed by atoms with Crippen molar-refractivity contribution in [1.29, 1.82) is 0 Å². The molecule has 130 valence electrons. The molecule has 5 nitrogen and oxygen atoms in total. The summed E-state index contributed by atoms with van der Waals surface area (Å²) in [7, 11) is 1.62. The van der Waals surface area contributed by atoms with Crippen LogP contribution in [0.1, 0.15) is 31.7 Å². The topological polar surface area (TPSA) is 66.8 Å². The molecule has 5 heteroatoms. The van der Waals surface area contributed by atoms with Gasteiger partial charge in [0.25, 0.3) is 0 Å². The Balaban J connectivity index is 1.69. The van der Waals surface area contributed by atoms with Gasteiger partial charge < -0.3 is 14.7 Å². The second-order valence-electron chi connectivity index (χ2n) is 7.08. The van der Waals surface area contributed by atoms with E-state index in [1.165, 1.54) is 0 Å². The Morgan fingerprint density at radius 1 is 1.29 bits per heavy atom. The number of hydrogen-bond acceptors (Lipinski definition) is 3. The van der Waals surface area contributed by atoms with E-state index >= 15 is 0 Å². The van der Waals surface area contributed by atoms with Crippen LogP contribution in [0.25, 0.3) is 0 Å². The quantitative estimate of drug-likeness (QED) is 0.900. The van der Waals surface area contributed by atoms with Crippen LogP contribution >= 0.6 is 0 Å². The van der Waals surface area contributed by atoms with E-state index < -0.39 is 12.0 Å². The number of amides is 1. The van der Waals surface area contributed by atoms with Crippen LogP contribution in [0.3, 0.4) is 0 Å². The second kappa shape index (κ2) is 6.83. The zero-order valence-corrected chi connectivity index (χ0v) is 14.3. The lowest BCUT2D eigenvalue weighted by Crippen LogP contribution is -2.45. The molecule has 0 aromatic heterocycles. The number of ether oxygens (including phenoxy) is 1. The largest absolute Gasteiger partial charge is 0.497 e. The van der Waals surface area contributed by atoms with Crippen LogP contribution in [0, 0.1) is 17.8 Å². The van der Waals surface area contributed by atoms with Gasteiger partial charge in [-0.1, -0.05) is 25.5 Å². The Morgan fingerprint density at radius 2 is 2.00 bits per heavy atom. The van der Waals surface area contributed by atoms with Gasteiger partial charge in [-0.05, 0) is 48.8 Å². The highest BCUT2D eigenvalue weighted by Crippen LogP contribution is 2.42. The molecule has 1 N–H and O–H groups in total. The Morgan fingerprint density at radius 3 is 2.62 bits per heavy atom. The molecular formula is C19H25NO4. The third-order valence-corrected chi connectivity index (χ3v) is 5.55. The van der Waals surface area contributed by atoms with Gasteiger partial charge in [0, 0.05) is 12.5 Å². The first kappa shape index (κ1) is 16.8. The Hall–Kier alpha value is -2.04. The van der Waals surface area contributed by atoms with Crippen LogP contribution in [0.15, 0.2) is 24.3 Å². The number of methoxy groups -OCH3 is 1. The summed E-state index contributed by atoms with van der Waals surface area (Å²) in [6.45, 7) is 2.49. The van der Waals surface area contributed by atoms with E-state index in [4.69, 9.17) is 4.74 Å². The second-order valence-corrected chi connectivity index (χ2v) is 7.08. The molecule has 1 saturated carbocycles. The number of carboxylic acid groups (broad SMARTS) is 1. The van der Waals surface area contributed by atoms with Crippen molar-refractivity contribution in [3.8, 4) is 5.75 Å². The number of rotatable bonds is 5. The van der Waals surface area contributed by atoms with Gasteiger partial charge in [-0.25, -0.2) is 4.79 Å². The lowest BCUT2D eigenvalue weighted by atomic mass is 9.94. The minimum Gasteiger partial charge on any atom is -0.497 e. The van der Waals surface area contributed by atoms with Crippen LogP contribution in [-0.4, -0.2) is 41.6 Å². The minimum atomic E-state index is -0.852. The van der Waals surface area contributed by atoms with Gasteiger partial charge in [-0.3, -0.25) is 4.79 Å². The van der Waals surface area contributed by atoms with Gasteiger partial charge in [0.1, 0.15) is 11.8 Å². The van der Waals surface area contributed by atoms with Crippen molar-refractivity contribution in [3.63, 3.8) is 0 Å². The summed E-state index contributed by atoms with van der Waals surface area (Å²) in [5.74, 6) is 0.181. The van der Waals surface area contributed by atoms with Gasteiger partial charge in [-0.15, -0.1) is 0 Å². The fourth-order valence-corrected chi connectivity index (χ4v) is 4.33. The number of benzene rings is 1. The normalized spacial score (nSPS) is 26.9. The predicted molar refractivity (Wildman–Crippen MR) is 89.8 cm³/mol. The first-order valence-corrected chi connectivity index (χ1v) is 8.67. The first-order chi connectivity index (χ1) is 11.5. The van der Waals surface area contributed by atoms with E-state index in [0.29, 0.717) is 18.9 Å². The highest BCUT2D eigenvalue weighted by Gasteiger charge is 2.49.